The number of anilines is 1. The van der Waals surface area contributed by atoms with Gasteiger partial charge in [0, 0.05) is 18.5 Å². The van der Waals surface area contributed by atoms with E-state index in [2.05, 4.69) is 16.0 Å². The number of hydrogen-bond acceptors (Lipinski definition) is 4. The summed E-state index contributed by atoms with van der Waals surface area (Å²) in [4.78, 5) is 35.5. The van der Waals surface area contributed by atoms with Gasteiger partial charge in [0.2, 0.25) is 5.91 Å². The van der Waals surface area contributed by atoms with Crippen molar-refractivity contribution in [3.63, 3.8) is 0 Å². The summed E-state index contributed by atoms with van der Waals surface area (Å²) in [5, 5.41) is 8.36. The van der Waals surface area contributed by atoms with Gasteiger partial charge in [0.25, 0.3) is 11.8 Å². The fraction of sp³-hybridized carbons (Fsp3) is 0.250. The Bertz CT molecular complexity index is 852. The second kappa shape index (κ2) is 8.35. The molecule has 2 aromatic carbocycles. The van der Waals surface area contributed by atoms with Gasteiger partial charge < -0.3 is 20.7 Å². The second-order valence-electron chi connectivity index (χ2n) is 6.25. The quantitative estimate of drug-likeness (QED) is 0.728. The van der Waals surface area contributed by atoms with Crippen molar-refractivity contribution in [1.82, 2.24) is 10.6 Å². The van der Waals surface area contributed by atoms with Crippen LogP contribution in [0.5, 0.6) is 5.75 Å². The number of hydrogen-bond donors (Lipinski definition) is 3. The zero-order chi connectivity index (χ0) is 19.2. The van der Waals surface area contributed by atoms with Gasteiger partial charge in [0.05, 0.1) is 11.7 Å². The van der Waals surface area contributed by atoms with Gasteiger partial charge in [-0.3, -0.25) is 14.4 Å². The van der Waals surface area contributed by atoms with Crippen molar-refractivity contribution in [3.8, 4) is 5.75 Å². The molecule has 27 heavy (non-hydrogen) atoms. The fourth-order valence-corrected chi connectivity index (χ4v) is 2.75. The molecule has 1 unspecified atom stereocenters. The molecule has 0 spiro atoms. The molecule has 140 valence electrons. The lowest BCUT2D eigenvalue weighted by atomic mass is 10.1. The lowest BCUT2D eigenvalue weighted by Gasteiger charge is -2.21. The average Bonchev–Trinajstić information content (AvgIpc) is 2.67. The maximum absolute atomic E-state index is 12.1. The topological polar surface area (TPSA) is 96.5 Å². The summed E-state index contributed by atoms with van der Waals surface area (Å²) in [7, 11) is 0. The summed E-state index contributed by atoms with van der Waals surface area (Å²) in [6, 6.07) is 14.0. The highest BCUT2D eigenvalue weighted by Gasteiger charge is 2.18. The molecule has 3 rings (SSSR count). The normalized spacial score (nSPS) is 13.6. The molecule has 3 amide bonds. The van der Waals surface area contributed by atoms with Crippen LogP contribution in [0.4, 0.5) is 5.69 Å². The first-order chi connectivity index (χ1) is 13.0. The van der Waals surface area contributed by atoms with Crippen LogP contribution in [0.15, 0.2) is 48.5 Å². The molecule has 0 aliphatic carbocycles. The summed E-state index contributed by atoms with van der Waals surface area (Å²) in [6.45, 7) is 2.11. The Balaban J connectivity index is 1.48. The van der Waals surface area contributed by atoms with Crippen LogP contribution in [-0.2, 0) is 9.59 Å². The van der Waals surface area contributed by atoms with Gasteiger partial charge in [-0.2, -0.15) is 0 Å². The molecule has 0 saturated carbocycles. The number of rotatable bonds is 6. The standard InChI is InChI=1S/C20H21N3O4/c1-13(15-7-8-17-16(11-15)23-19(25)12-27-17)22-18(24)9-10-21-20(26)14-5-3-2-4-6-14/h2-8,11,13H,9-10,12H2,1H3,(H,21,26)(H,22,24)(H,23,25). The minimum atomic E-state index is -0.244. The van der Waals surface area contributed by atoms with E-state index in [0.29, 0.717) is 17.0 Å². The molecular formula is C20H21N3O4. The molecule has 7 nitrogen and oxygen atoms in total. The molecule has 2 aromatic rings. The lowest BCUT2D eigenvalue weighted by Crippen LogP contribution is -2.32. The van der Waals surface area contributed by atoms with Crippen LogP contribution in [-0.4, -0.2) is 30.9 Å². The van der Waals surface area contributed by atoms with Gasteiger partial charge >= 0.3 is 0 Å². The summed E-state index contributed by atoms with van der Waals surface area (Å²) in [5.74, 6) is 0.0294. The third-order valence-electron chi connectivity index (χ3n) is 4.19. The highest BCUT2D eigenvalue weighted by Crippen LogP contribution is 2.30. The first-order valence-electron chi connectivity index (χ1n) is 8.72. The van der Waals surface area contributed by atoms with E-state index in [1.807, 2.05) is 19.1 Å². The van der Waals surface area contributed by atoms with Crippen molar-refractivity contribution in [3.05, 3.63) is 59.7 Å². The zero-order valence-electron chi connectivity index (χ0n) is 15.0. The molecule has 1 aliphatic rings. The van der Waals surface area contributed by atoms with E-state index < -0.39 is 0 Å². The van der Waals surface area contributed by atoms with Gasteiger partial charge in [0.1, 0.15) is 5.75 Å². The number of carbonyl (C=O) groups is 3. The number of benzene rings is 2. The fourth-order valence-electron chi connectivity index (χ4n) is 2.75. The molecule has 0 radical (unpaired) electrons. The Morgan fingerprint density at radius 1 is 1.19 bits per heavy atom. The summed E-state index contributed by atoms with van der Waals surface area (Å²) < 4.78 is 5.32. The van der Waals surface area contributed by atoms with Gasteiger partial charge in [-0.05, 0) is 36.8 Å². The Labute approximate surface area is 157 Å². The number of amides is 3. The zero-order valence-corrected chi connectivity index (χ0v) is 15.0. The van der Waals surface area contributed by atoms with Crippen LogP contribution in [0.3, 0.4) is 0 Å². The van der Waals surface area contributed by atoms with Crippen LogP contribution in [0.1, 0.15) is 35.3 Å². The molecule has 1 aliphatic heterocycles. The molecule has 0 aromatic heterocycles. The molecular weight excluding hydrogens is 346 g/mol. The number of carbonyl (C=O) groups excluding carboxylic acids is 3. The van der Waals surface area contributed by atoms with Crippen molar-refractivity contribution in [2.24, 2.45) is 0 Å². The van der Waals surface area contributed by atoms with E-state index in [4.69, 9.17) is 4.74 Å². The Morgan fingerprint density at radius 2 is 1.96 bits per heavy atom. The molecule has 3 N–H and O–H groups in total. The van der Waals surface area contributed by atoms with Gasteiger partial charge in [-0.25, -0.2) is 0 Å². The maximum atomic E-state index is 12.1. The van der Waals surface area contributed by atoms with Gasteiger partial charge in [-0.1, -0.05) is 24.3 Å². The number of ether oxygens (including phenoxy) is 1. The van der Waals surface area contributed by atoms with Crippen molar-refractivity contribution in [1.29, 1.82) is 0 Å². The maximum Gasteiger partial charge on any atom is 0.262 e. The summed E-state index contributed by atoms with van der Waals surface area (Å²) in [5.41, 5.74) is 2.01. The smallest absolute Gasteiger partial charge is 0.262 e. The molecule has 7 heteroatoms. The first kappa shape index (κ1) is 18.4. The predicted octanol–water partition coefficient (Wildman–Crippen LogP) is 2.01. The van der Waals surface area contributed by atoms with E-state index in [-0.39, 0.29) is 43.3 Å². The van der Waals surface area contributed by atoms with E-state index in [1.165, 1.54) is 0 Å². The van der Waals surface area contributed by atoms with Crippen LogP contribution in [0.25, 0.3) is 0 Å². The van der Waals surface area contributed by atoms with Crippen molar-refractivity contribution in [2.45, 2.75) is 19.4 Å². The van der Waals surface area contributed by atoms with E-state index in [0.717, 1.165) is 5.56 Å². The lowest BCUT2D eigenvalue weighted by molar-refractivity contribution is -0.121. The predicted molar refractivity (Wildman–Crippen MR) is 101 cm³/mol. The van der Waals surface area contributed by atoms with Gasteiger partial charge in [-0.15, -0.1) is 0 Å². The molecule has 1 heterocycles. The third-order valence-corrected chi connectivity index (χ3v) is 4.19. The summed E-state index contributed by atoms with van der Waals surface area (Å²) >= 11 is 0. The molecule has 1 atom stereocenters. The van der Waals surface area contributed by atoms with E-state index in [9.17, 15) is 14.4 Å². The molecule has 0 bridgehead atoms. The van der Waals surface area contributed by atoms with Crippen molar-refractivity contribution >= 4 is 23.4 Å². The third kappa shape index (κ3) is 4.84. The van der Waals surface area contributed by atoms with Crippen LogP contribution in [0, 0.1) is 0 Å². The van der Waals surface area contributed by atoms with Crippen LogP contribution in [0.2, 0.25) is 0 Å². The number of nitrogens with one attached hydrogen (secondary N) is 3. The molecule has 0 saturated heterocycles. The van der Waals surface area contributed by atoms with E-state index >= 15 is 0 Å². The largest absolute Gasteiger partial charge is 0.482 e. The highest BCUT2D eigenvalue weighted by molar-refractivity contribution is 5.95. The Hall–Kier alpha value is -3.35. The van der Waals surface area contributed by atoms with Crippen LogP contribution < -0.4 is 20.7 Å². The SMILES string of the molecule is CC(NC(=O)CCNC(=O)c1ccccc1)c1ccc2c(c1)NC(=O)CO2. The molecule has 0 fully saturated rings. The second-order valence-corrected chi connectivity index (χ2v) is 6.25. The monoisotopic (exact) mass is 367 g/mol. The highest BCUT2D eigenvalue weighted by atomic mass is 16.5. The van der Waals surface area contributed by atoms with Crippen LogP contribution >= 0.6 is 0 Å². The van der Waals surface area contributed by atoms with Gasteiger partial charge in [0.15, 0.2) is 6.61 Å². The number of fused-ring (bicyclic) bond motifs is 1. The minimum absolute atomic E-state index is 0.00728. The van der Waals surface area contributed by atoms with E-state index in [1.54, 1.807) is 36.4 Å². The first-order valence-corrected chi connectivity index (χ1v) is 8.72. The Kier molecular flexibility index (Phi) is 5.71. The average molecular weight is 367 g/mol. The Morgan fingerprint density at radius 3 is 2.74 bits per heavy atom. The van der Waals surface area contributed by atoms with Crippen molar-refractivity contribution < 1.29 is 19.1 Å². The minimum Gasteiger partial charge on any atom is -0.482 e. The summed E-state index contributed by atoms with van der Waals surface area (Å²) in [6.07, 6.45) is 0.174. The van der Waals surface area contributed by atoms with Crippen molar-refractivity contribution in [2.75, 3.05) is 18.5 Å².